The van der Waals surface area contributed by atoms with E-state index in [-0.39, 0.29) is 0 Å². The molecule has 0 aliphatic carbocycles. The summed E-state index contributed by atoms with van der Waals surface area (Å²) < 4.78 is 0.951. The maximum Gasteiger partial charge on any atom is 0.319 e. The van der Waals surface area contributed by atoms with Crippen LogP contribution in [-0.2, 0) is 4.79 Å². The fraction of sp³-hybridized carbons (Fsp3) is 0.350. The van der Waals surface area contributed by atoms with Crippen molar-refractivity contribution in [3.05, 3.63) is 47.8 Å². The summed E-state index contributed by atoms with van der Waals surface area (Å²) in [4.78, 5) is 11.5. The second-order valence-electron chi connectivity index (χ2n) is 7.16. The van der Waals surface area contributed by atoms with Gasteiger partial charge in [0.15, 0.2) is 5.16 Å². The second kappa shape index (κ2) is 6.76. The van der Waals surface area contributed by atoms with Gasteiger partial charge in [-0.1, -0.05) is 55.9 Å². The van der Waals surface area contributed by atoms with Crippen molar-refractivity contribution in [3.8, 4) is 5.69 Å². The summed E-state index contributed by atoms with van der Waals surface area (Å²) in [5.41, 5.74) is 2.26. The van der Waals surface area contributed by atoms with E-state index in [9.17, 15) is 9.90 Å². The van der Waals surface area contributed by atoms with Crippen LogP contribution in [0.15, 0.2) is 41.6 Å². The molecule has 0 atom stereocenters. The maximum absolute atomic E-state index is 11.5. The Bertz CT molecular complexity index is 976. The maximum atomic E-state index is 11.5. The minimum Gasteiger partial charge on any atom is -0.480 e. The van der Waals surface area contributed by atoms with Crippen LogP contribution in [0, 0.1) is 6.92 Å². The minimum atomic E-state index is -0.995. The molecule has 136 valence electrons. The zero-order chi connectivity index (χ0) is 19.1. The number of carbonyl (C=O) groups is 1. The number of thioether (sulfide) groups is 1. The fourth-order valence-corrected chi connectivity index (χ4v) is 3.91. The van der Waals surface area contributed by atoms with Crippen LogP contribution in [0.3, 0.4) is 0 Å². The third kappa shape index (κ3) is 3.21. The summed E-state index contributed by atoms with van der Waals surface area (Å²) in [5, 5.41) is 20.8. The van der Waals surface area contributed by atoms with Crippen LogP contribution >= 0.6 is 11.8 Å². The van der Waals surface area contributed by atoms with Gasteiger partial charge >= 0.3 is 5.97 Å². The number of rotatable bonds is 5. The molecular weight excluding hydrogens is 346 g/mol. The van der Waals surface area contributed by atoms with Gasteiger partial charge in [0, 0.05) is 5.39 Å². The molecule has 0 aliphatic rings. The second-order valence-corrected chi connectivity index (χ2v) is 8.75. The monoisotopic (exact) mass is 369 g/mol. The molecule has 0 bridgehead atoms. The van der Waals surface area contributed by atoms with E-state index in [0.717, 1.165) is 16.9 Å². The molecule has 0 aliphatic heterocycles. The standard InChI is InChI=1S/C20H23N3O2S/c1-12(2)14-10-11-17(16-9-7-6-8-15(14)16)23-13(3)21-22-19(23)26-20(4,5)18(24)25/h6-12H,1-5H3,(H,24,25). The predicted octanol–water partition coefficient (Wildman–Crippen LogP) is 4.81. The molecule has 0 unspecified atom stereocenters. The summed E-state index contributed by atoms with van der Waals surface area (Å²) in [6.45, 7) is 9.60. The highest BCUT2D eigenvalue weighted by atomic mass is 32.2. The fourth-order valence-electron chi connectivity index (χ4n) is 2.96. The van der Waals surface area contributed by atoms with Gasteiger partial charge in [0.1, 0.15) is 10.6 Å². The number of nitrogens with zero attached hydrogens (tertiary/aromatic N) is 3. The highest BCUT2D eigenvalue weighted by molar-refractivity contribution is 8.01. The number of fused-ring (bicyclic) bond motifs is 1. The molecule has 1 heterocycles. The van der Waals surface area contributed by atoms with E-state index in [2.05, 4.69) is 48.3 Å². The molecule has 5 nitrogen and oxygen atoms in total. The Morgan fingerprint density at radius 2 is 1.77 bits per heavy atom. The van der Waals surface area contributed by atoms with Gasteiger partial charge in [-0.2, -0.15) is 0 Å². The number of aliphatic carboxylic acids is 1. The van der Waals surface area contributed by atoms with Crippen molar-refractivity contribution in [2.75, 3.05) is 0 Å². The van der Waals surface area contributed by atoms with Crippen LogP contribution in [0.1, 0.15) is 45.0 Å². The molecule has 0 saturated carbocycles. The molecule has 0 amide bonds. The lowest BCUT2D eigenvalue weighted by Crippen LogP contribution is -2.27. The van der Waals surface area contributed by atoms with Crippen molar-refractivity contribution in [2.24, 2.45) is 0 Å². The Balaban J connectivity index is 2.21. The van der Waals surface area contributed by atoms with E-state index in [1.165, 1.54) is 22.7 Å². The molecule has 2 aromatic carbocycles. The van der Waals surface area contributed by atoms with Crippen molar-refractivity contribution in [1.82, 2.24) is 14.8 Å². The zero-order valence-electron chi connectivity index (χ0n) is 15.6. The molecule has 1 aromatic heterocycles. The van der Waals surface area contributed by atoms with Crippen molar-refractivity contribution in [3.63, 3.8) is 0 Å². The van der Waals surface area contributed by atoms with Crippen molar-refractivity contribution in [1.29, 1.82) is 0 Å². The molecule has 0 radical (unpaired) electrons. The average molecular weight is 369 g/mol. The minimum absolute atomic E-state index is 0.413. The summed E-state index contributed by atoms with van der Waals surface area (Å²) in [6.07, 6.45) is 0. The molecule has 1 N–H and O–H groups in total. The Kier molecular flexibility index (Phi) is 4.80. The number of aromatic nitrogens is 3. The topological polar surface area (TPSA) is 68.0 Å². The quantitative estimate of drug-likeness (QED) is 0.654. The molecule has 0 saturated heterocycles. The smallest absolute Gasteiger partial charge is 0.319 e. The van der Waals surface area contributed by atoms with Crippen molar-refractivity contribution < 1.29 is 9.90 Å². The molecule has 6 heteroatoms. The lowest BCUT2D eigenvalue weighted by atomic mass is 9.95. The van der Waals surface area contributed by atoms with E-state index in [4.69, 9.17) is 0 Å². The largest absolute Gasteiger partial charge is 0.480 e. The average Bonchev–Trinajstić information content (AvgIpc) is 2.93. The first kappa shape index (κ1) is 18.5. The van der Waals surface area contributed by atoms with E-state index >= 15 is 0 Å². The SMILES string of the molecule is Cc1nnc(SC(C)(C)C(=O)O)n1-c1ccc(C(C)C)c2ccccc12. The van der Waals surface area contributed by atoms with Gasteiger partial charge < -0.3 is 5.11 Å². The zero-order valence-corrected chi connectivity index (χ0v) is 16.5. The van der Waals surface area contributed by atoms with Crippen LogP contribution in [0.4, 0.5) is 0 Å². The lowest BCUT2D eigenvalue weighted by Gasteiger charge is -2.20. The Labute approximate surface area is 157 Å². The number of hydrogen-bond donors (Lipinski definition) is 1. The number of carboxylic acid groups (broad SMARTS) is 1. The van der Waals surface area contributed by atoms with E-state index in [1.54, 1.807) is 13.8 Å². The first-order valence-corrected chi connectivity index (χ1v) is 9.40. The number of benzene rings is 2. The van der Waals surface area contributed by atoms with Crippen molar-refractivity contribution in [2.45, 2.75) is 50.4 Å². The number of carboxylic acids is 1. The van der Waals surface area contributed by atoms with Gasteiger partial charge in [-0.3, -0.25) is 9.36 Å². The summed E-state index contributed by atoms with van der Waals surface area (Å²) in [6, 6.07) is 12.5. The van der Waals surface area contributed by atoms with Gasteiger partial charge in [0.25, 0.3) is 0 Å². The van der Waals surface area contributed by atoms with Crippen LogP contribution in [0.25, 0.3) is 16.5 Å². The van der Waals surface area contributed by atoms with E-state index < -0.39 is 10.7 Å². The Hall–Kier alpha value is -2.34. The summed E-state index contributed by atoms with van der Waals surface area (Å²) in [7, 11) is 0. The molecule has 26 heavy (non-hydrogen) atoms. The van der Waals surface area contributed by atoms with Gasteiger partial charge in [0.2, 0.25) is 0 Å². The summed E-state index contributed by atoms with van der Waals surface area (Å²) in [5.74, 6) is 0.265. The number of hydrogen-bond acceptors (Lipinski definition) is 4. The normalized spacial score (nSPS) is 12.1. The molecule has 3 rings (SSSR count). The molecule has 0 fully saturated rings. The van der Waals surface area contributed by atoms with Crippen LogP contribution in [0.5, 0.6) is 0 Å². The first-order chi connectivity index (χ1) is 12.2. The molecule has 3 aromatic rings. The highest BCUT2D eigenvalue weighted by Gasteiger charge is 2.31. The third-order valence-electron chi connectivity index (χ3n) is 4.45. The predicted molar refractivity (Wildman–Crippen MR) is 105 cm³/mol. The van der Waals surface area contributed by atoms with Crippen LogP contribution in [-0.4, -0.2) is 30.6 Å². The lowest BCUT2D eigenvalue weighted by molar-refractivity contribution is -0.138. The third-order valence-corrected chi connectivity index (χ3v) is 5.59. The van der Waals surface area contributed by atoms with Crippen molar-refractivity contribution >= 4 is 28.5 Å². The number of aryl methyl sites for hydroxylation is 1. The highest BCUT2D eigenvalue weighted by Crippen LogP contribution is 2.36. The Morgan fingerprint density at radius 3 is 2.38 bits per heavy atom. The van der Waals surface area contributed by atoms with Crippen LogP contribution < -0.4 is 0 Å². The van der Waals surface area contributed by atoms with Gasteiger partial charge in [-0.25, -0.2) is 0 Å². The van der Waals surface area contributed by atoms with Crippen LogP contribution in [0.2, 0.25) is 0 Å². The van der Waals surface area contributed by atoms with E-state index in [0.29, 0.717) is 11.1 Å². The molecular formula is C20H23N3O2S. The van der Waals surface area contributed by atoms with E-state index in [1.807, 2.05) is 23.6 Å². The van der Waals surface area contributed by atoms with Gasteiger partial charge in [-0.05, 0) is 43.7 Å². The van der Waals surface area contributed by atoms with Gasteiger partial charge in [-0.15, -0.1) is 10.2 Å². The Morgan fingerprint density at radius 1 is 1.12 bits per heavy atom. The molecule has 0 spiro atoms. The van der Waals surface area contributed by atoms with Gasteiger partial charge in [0.05, 0.1) is 5.69 Å². The summed E-state index contributed by atoms with van der Waals surface area (Å²) >= 11 is 1.21. The first-order valence-electron chi connectivity index (χ1n) is 8.59.